The molecule has 0 aliphatic carbocycles. The fraction of sp³-hybridized carbons (Fsp3) is 0.412. The van der Waals surface area contributed by atoms with E-state index in [1.807, 2.05) is 22.9 Å². The number of imidazole rings is 1. The fourth-order valence-electron chi connectivity index (χ4n) is 2.96. The Morgan fingerprint density at radius 3 is 2.86 bits per heavy atom. The molecule has 0 radical (unpaired) electrons. The molecule has 4 nitrogen and oxygen atoms in total. The van der Waals surface area contributed by atoms with Gasteiger partial charge < -0.3 is 9.88 Å². The van der Waals surface area contributed by atoms with Gasteiger partial charge in [0.2, 0.25) is 5.78 Å². The Hall–Kier alpha value is -1.65. The van der Waals surface area contributed by atoms with Gasteiger partial charge in [0.25, 0.3) is 0 Å². The van der Waals surface area contributed by atoms with Crippen LogP contribution in [-0.2, 0) is 6.54 Å². The molecule has 2 aromatic rings. The maximum Gasteiger partial charge on any atom is 0.229 e. The van der Waals surface area contributed by atoms with E-state index in [1.54, 1.807) is 18.3 Å². The van der Waals surface area contributed by atoms with E-state index in [0.29, 0.717) is 16.4 Å². The van der Waals surface area contributed by atoms with E-state index in [2.05, 4.69) is 10.3 Å². The van der Waals surface area contributed by atoms with Crippen LogP contribution in [0.1, 0.15) is 35.4 Å². The molecule has 0 saturated carbocycles. The van der Waals surface area contributed by atoms with Crippen LogP contribution in [0.2, 0.25) is 5.02 Å². The summed E-state index contributed by atoms with van der Waals surface area (Å²) in [4.78, 5) is 16.9. The van der Waals surface area contributed by atoms with Crippen LogP contribution < -0.4 is 5.32 Å². The third-order valence-electron chi connectivity index (χ3n) is 4.27. The summed E-state index contributed by atoms with van der Waals surface area (Å²) in [6.07, 6.45) is 7.07. The number of aryl methyl sites for hydroxylation is 1. The average molecular weight is 318 g/mol. The number of aromatic nitrogens is 2. The summed E-state index contributed by atoms with van der Waals surface area (Å²) < 4.78 is 1.95. The molecular formula is C17H20ClN3O. The molecule has 116 valence electrons. The number of halogens is 1. The zero-order valence-electron chi connectivity index (χ0n) is 12.5. The van der Waals surface area contributed by atoms with Gasteiger partial charge in [0, 0.05) is 24.5 Å². The van der Waals surface area contributed by atoms with Gasteiger partial charge in [-0.1, -0.05) is 23.7 Å². The highest BCUT2D eigenvalue weighted by Gasteiger charge is 2.19. The van der Waals surface area contributed by atoms with Crippen LogP contribution in [0.3, 0.4) is 0 Å². The maximum atomic E-state index is 12.6. The number of carbonyl (C=O) groups excluding carboxylic acids is 1. The van der Waals surface area contributed by atoms with Crippen LogP contribution in [0.4, 0.5) is 0 Å². The summed E-state index contributed by atoms with van der Waals surface area (Å²) in [5.74, 6) is 1.09. The van der Waals surface area contributed by atoms with E-state index < -0.39 is 0 Å². The van der Waals surface area contributed by atoms with Crippen molar-refractivity contribution >= 4 is 17.4 Å². The second-order valence-electron chi connectivity index (χ2n) is 5.74. The third-order valence-corrected chi connectivity index (χ3v) is 4.60. The van der Waals surface area contributed by atoms with E-state index in [9.17, 15) is 4.79 Å². The Labute approximate surface area is 135 Å². The quantitative estimate of drug-likeness (QED) is 0.862. The van der Waals surface area contributed by atoms with Crippen molar-refractivity contribution in [2.75, 3.05) is 13.1 Å². The smallest absolute Gasteiger partial charge is 0.229 e. The van der Waals surface area contributed by atoms with Gasteiger partial charge >= 0.3 is 0 Å². The first-order valence-corrected chi connectivity index (χ1v) is 8.14. The van der Waals surface area contributed by atoms with Gasteiger partial charge in [-0.2, -0.15) is 0 Å². The molecule has 1 aromatic heterocycles. The van der Waals surface area contributed by atoms with Crippen molar-refractivity contribution in [3.63, 3.8) is 0 Å². The van der Waals surface area contributed by atoms with Gasteiger partial charge in [-0.3, -0.25) is 4.79 Å². The van der Waals surface area contributed by atoms with Crippen LogP contribution in [0, 0.1) is 5.92 Å². The zero-order chi connectivity index (χ0) is 15.4. The molecule has 22 heavy (non-hydrogen) atoms. The molecule has 1 aromatic carbocycles. The second-order valence-corrected chi connectivity index (χ2v) is 6.14. The normalized spacial score (nSPS) is 15.9. The molecule has 1 N–H and O–H groups in total. The van der Waals surface area contributed by atoms with Crippen molar-refractivity contribution in [1.82, 2.24) is 14.9 Å². The lowest BCUT2D eigenvalue weighted by Crippen LogP contribution is -2.28. The minimum atomic E-state index is -0.110. The average Bonchev–Trinajstić information content (AvgIpc) is 3.02. The van der Waals surface area contributed by atoms with Gasteiger partial charge in [0.15, 0.2) is 5.82 Å². The van der Waals surface area contributed by atoms with Crippen molar-refractivity contribution in [3.8, 4) is 0 Å². The molecule has 3 rings (SSSR count). The highest BCUT2D eigenvalue weighted by atomic mass is 35.5. The third kappa shape index (κ3) is 3.39. The number of benzene rings is 1. The lowest BCUT2D eigenvalue weighted by molar-refractivity contribution is 0.102. The van der Waals surface area contributed by atoms with Crippen molar-refractivity contribution in [1.29, 1.82) is 0 Å². The molecule has 0 unspecified atom stereocenters. The number of carbonyl (C=O) groups is 1. The molecule has 1 aliphatic heterocycles. The Bertz CT molecular complexity index is 647. The predicted octanol–water partition coefficient (Wildman–Crippen LogP) is 3.16. The van der Waals surface area contributed by atoms with E-state index in [-0.39, 0.29) is 5.78 Å². The molecule has 1 fully saturated rings. The Kier molecular flexibility index (Phi) is 4.90. The van der Waals surface area contributed by atoms with Crippen molar-refractivity contribution in [2.45, 2.75) is 25.8 Å². The number of ketones is 1. The molecule has 0 amide bonds. The maximum absolute atomic E-state index is 12.6. The first kappa shape index (κ1) is 15.3. The number of hydrogen-bond donors (Lipinski definition) is 1. The van der Waals surface area contributed by atoms with Crippen LogP contribution >= 0.6 is 11.6 Å². The van der Waals surface area contributed by atoms with E-state index >= 15 is 0 Å². The summed E-state index contributed by atoms with van der Waals surface area (Å²) in [6, 6.07) is 7.12. The first-order valence-electron chi connectivity index (χ1n) is 7.77. The molecule has 0 atom stereocenters. The van der Waals surface area contributed by atoms with E-state index in [0.717, 1.165) is 32.0 Å². The Morgan fingerprint density at radius 1 is 1.32 bits per heavy atom. The molecule has 0 spiro atoms. The van der Waals surface area contributed by atoms with Crippen molar-refractivity contribution in [2.24, 2.45) is 5.92 Å². The van der Waals surface area contributed by atoms with Gasteiger partial charge in [-0.25, -0.2) is 4.98 Å². The second kappa shape index (κ2) is 7.07. The molecular weight excluding hydrogens is 298 g/mol. The minimum absolute atomic E-state index is 0.110. The Morgan fingerprint density at radius 2 is 2.09 bits per heavy atom. The van der Waals surface area contributed by atoms with Crippen molar-refractivity contribution in [3.05, 3.63) is 53.1 Å². The summed E-state index contributed by atoms with van der Waals surface area (Å²) in [5.41, 5.74) is 0.512. The largest absolute Gasteiger partial charge is 0.328 e. The first-order chi connectivity index (χ1) is 10.8. The lowest BCUT2D eigenvalue weighted by atomic mass is 9.95. The van der Waals surface area contributed by atoms with Crippen LogP contribution in [0.5, 0.6) is 0 Å². The zero-order valence-corrected chi connectivity index (χ0v) is 13.2. The lowest BCUT2D eigenvalue weighted by Gasteiger charge is -2.22. The summed E-state index contributed by atoms with van der Waals surface area (Å²) in [6.45, 7) is 3.02. The fourth-order valence-corrected chi connectivity index (χ4v) is 3.18. The number of rotatable bonds is 5. The predicted molar refractivity (Wildman–Crippen MR) is 87.3 cm³/mol. The number of piperidine rings is 1. The van der Waals surface area contributed by atoms with Gasteiger partial charge in [0.05, 0.1) is 5.02 Å². The van der Waals surface area contributed by atoms with Crippen LogP contribution in [-0.4, -0.2) is 28.4 Å². The number of nitrogens with one attached hydrogen (secondary N) is 1. The van der Waals surface area contributed by atoms with E-state index in [4.69, 9.17) is 11.6 Å². The molecule has 1 aliphatic rings. The molecule has 1 saturated heterocycles. The van der Waals surface area contributed by atoms with Gasteiger partial charge in [-0.05, 0) is 50.4 Å². The van der Waals surface area contributed by atoms with E-state index in [1.165, 1.54) is 12.8 Å². The SMILES string of the molecule is O=C(c1ccccc1Cl)c1nccn1CCC1CCNCC1. The Balaban J connectivity index is 1.71. The minimum Gasteiger partial charge on any atom is -0.328 e. The molecule has 0 bridgehead atoms. The summed E-state index contributed by atoms with van der Waals surface area (Å²) in [7, 11) is 0. The highest BCUT2D eigenvalue weighted by Crippen LogP contribution is 2.20. The standard InChI is InChI=1S/C17H20ClN3O/c18-15-4-2-1-3-14(15)16(22)17-20-10-12-21(17)11-7-13-5-8-19-9-6-13/h1-4,10,12-13,19H,5-9,11H2. The number of hydrogen-bond acceptors (Lipinski definition) is 3. The van der Waals surface area contributed by atoms with Gasteiger partial charge in [0.1, 0.15) is 0 Å². The van der Waals surface area contributed by atoms with Crippen LogP contribution in [0.25, 0.3) is 0 Å². The molecule has 5 heteroatoms. The molecule has 2 heterocycles. The summed E-state index contributed by atoms with van der Waals surface area (Å²) in [5, 5.41) is 3.85. The topological polar surface area (TPSA) is 46.9 Å². The van der Waals surface area contributed by atoms with Crippen molar-refractivity contribution < 1.29 is 4.79 Å². The monoisotopic (exact) mass is 317 g/mol. The highest BCUT2D eigenvalue weighted by molar-refractivity contribution is 6.34. The summed E-state index contributed by atoms with van der Waals surface area (Å²) >= 11 is 6.12. The number of nitrogens with zero attached hydrogens (tertiary/aromatic N) is 2. The van der Waals surface area contributed by atoms with Crippen LogP contribution in [0.15, 0.2) is 36.7 Å². The van der Waals surface area contributed by atoms with Gasteiger partial charge in [-0.15, -0.1) is 0 Å².